The number of aliphatic hydroxyl groups is 1. The van der Waals surface area contributed by atoms with E-state index < -0.39 is 23.7 Å². The molecule has 0 aliphatic carbocycles. The van der Waals surface area contributed by atoms with Crippen LogP contribution in [0.25, 0.3) is 5.76 Å². The van der Waals surface area contributed by atoms with Crippen LogP contribution >= 0.6 is 0 Å². The molecule has 0 spiro atoms. The second-order valence-corrected chi connectivity index (χ2v) is 9.02. The largest absolute Gasteiger partial charge is 0.507 e. The third-order valence-electron chi connectivity index (χ3n) is 6.38. The molecule has 1 atom stereocenters. The van der Waals surface area contributed by atoms with Crippen LogP contribution < -0.4 is 14.4 Å². The van der Waals surface area contributed by atoms with Gasteiger partial charge in [-0.25, -0.2) is 0 Å². The van der Waals surface area contributed by atoms with E-state index in [1.807, 2.05) is 39.0 Å². The van der Waals surface area contributed by atoms with Crippen molar-refractivity contribution in [2.45, 2.75) is 40.2 Å². The van der Waals surface area contributed by atoms with Gasteiger partial charge < -0.3 is 14.6 Å². The van der Waals surface area contributed by atoms with Crippen molar-refractivity contribution in [2.75, 3.05) is 12.0 Å². The lowest BCUT2D eigenvalue weighted by atomic mass is 9.93. The van der Waals surface area contributed by atoms with E-state index >= 15 is 0 Å². The summed E-state index contributed by atoms with van der Waals surface area (Å²) in [4.78, 5) is 39.9. The summed E-state index contributed by atoms with van der Waals surface area (Å²) in [6, 6.07) is 16.6. The molecular formula is C30H29NO6. The number of carbonyl (C=O) groups excluding carboxylic acids is 3. The Morgan fingerprint density at radius 2 is 1.73 bits per heavy atom. The Bertz CT molecular complexity index is 1420. The molecule has 3 aromatic carbocycles. The van der Waals surface area contributed by atoms with E-state index in [1.54, 1.807) is 42.5 Å². The summed E-state index contributed by atoms with van der Waals surface area (Å²) in [7, 11) is 1.49. The predicted molar refractivity (Wildman–Crippen MR) is 141 cm³/mol. The first-order valence-electron chi connectivity index (χ1n) is 12.0. The van der Waals surface area contributed by atoms with Gasteiger partial charge in [0, 0.05) is 12.6 Å². The molecule has 1 aliphatic heterocycles. The fourth-order valence-corrected chi connectivity index (χ4v) is 4.77. The average molecular weight is 500 g/mol. The molecule has 1 saturated heterocycles. The van der Waals surface area contributed by atoms with Crippen LogP contribution in [0.2, 0.25) is 0 Å². The van der Waals surface area contributed by atoms with Gasteiger partial charge in [-0.3, -0.25) is 19.3 Å². The number of hydrogen-bond acceptors (Lipinski definition) is 6. The number of anilines is 1. The first-order chi connectivity index (χ1) is 17.7. The Morgan fingerprint density at radius 3 is 2.35 bits per heavy atom. The minimum absolute atomic E-state index is 0.0761. The van der Waals surface area contributed by atoms with Crippen molar-refractivity contribution in [3.63, 3.8) is 0 Å². The van der Waals surface area contributed by atoms with Crippen molar-refractivity contribution in [2.24, 2.45) is 0 Å². The van der Waals surface area contributed by atoms with Gasteiger partial charge in [-0.15, -0.1) is 0 Å². The van der Waals surface area contributed by atoms with E-state index in [0.29, 0.717) is 22.6 Å². The summed E-state index contributed by atoms with van der Waals surface area (Å²) < 4.78 is 10.8. The number of ketones is 1. The zero-order chi connectivity index (χ0) is 26.9. The molecule has 0 radical (unpaired) electrons. The molecule has 1 aliphatic rings. The van der Waals surface area contributed by atoms with Gasteiger partial charge in [0.2, 0.25) is 0 Å². The van der Waals surface area contributed by atoms with Gasteiger partial charge in [-0.2, -0.15) is 0 Å². The number of methoxy groups -OCH3 is 1. The van der Waals surface area contributed by atoms with Crippen molar-refractivity contribution in [3.8, 4) is 11.5 Å². The maximum Gasteiger partial charge on any atom is 0.308 e. The smallest absolute Gasteiger partial charge is 0.308 e. The molecule has 0 saturated carbocycles. The number of esters is 1. The highest BCUT2D eigenvalue weighted by Crippen LogP contribution is 2.44. The highest BCUT2D eigenvalue weighted by atomic mass is 16.5. The lowest BCUT2D eigenvalue weighted by molar-refractivity contribution is -0.132. The second kappa shape index (κ2) is 10.3. The molecule has 1 heterocycles. The zero-order valence-corrected chi connectivity index (χ0v) is 21.5. The molecule has 7 heteroatoms. The van der Waals surface area contributed by atoms with Crippen molar-refractivity contribution < 1.29 is 29.0 Å². The Hall–Kier alpha value is -4.39. The zero-order valence-electron chi connectivity index (χ0n) is 21.5. The summed E-state index contributed by atoms with van der Waals surface area (Å²) in [6.45, 7) is 7.03. The minimum atomic E-state index is -0.964. The third-order valence-corrected chi connectivity index (χ3v) is 6.38. The normalized spacial score (nSPS) is 16.7. The molecular weight excluding hydrogens is 470 g/mol. The monoisotopic (exact) mass is 499 g/mol. The lowest BCUT2D eigenvalue weighted by Gasteiger charge is -2.26. The summed E-state index contributed by atoms with van der Waals surface area (Å²) in [6.07, 6.45) is 0.819. The standard InChI is InChI=1S/C30H29NO6/c1-6-20-10-12-22(13-11-20)31-26(21-8-7-9-23(16-21)37-19(4)32)25(28(34)30(31)35)27(33)24-15-17(2)14-18(3)29(24)36-5/h7-16,26,33H,6H2,1-5H3/b27-25+. The van der Waals surface area contributed by atoms with Crippen LogP contribution in [0.15, 0.2) is 66.2 Å². The molecule has 1 amide bonds. The van der Waals surface area contributed by atoms with Crippen LogP contribution in [0.4, 0.5) is 5.69 Å². The van der Waals surface area contributed by atoms with Crippen LogP contribution in [-0.4, -0.2) is 29.9 Å². The fourth-order valence-electron chi connectivity index (χ4n) is 4.77. The Labute approximate surface area is 215 Å². The number of amides is 1. The number of aliphatic hydroxyl groups excluding tert-OH is 1. The van der Waals surface area contributed by atoms with Gasteiger partial charge >= 0.3 is 5.97 Å². The first-order valence-corrected chi connectivity index (χ1v) is 12.0. The third kappa shape index (κ3) is 4.85. The summed E-state index contributed by atoms with van der Waals surface area (Å²) in [5, 5.41) is 11.6. The van der Waals surface area contributed by atoms with Crippen LogP contribution in [-0.2, 0) is 20.8 Å². The Morgan fingerprint density at radius 1 is 1.03 bits per heavy atom. The number of carbonyl (C=O) groups is 3. The molecule has 1 N–H and O–H groups in total. The van der Waals surface area contributed by atoms with Crippen molar-refractivity contribution >= 4 is 29.1 Å². The van der Waals surface area contributed by atoms with E-state index in [-0.39, 0.29) is 17.1 Å². The van der Waals surface area contributed by atoms with Crippen LogP contribution in [0.1, 0.15) is 47.7 Å². The van der Waals surface area contributed by atoms with Crippen molar-refractivity contribution in [3.05, 3.63) is 94.1 Å². The highest BCUT2D eigenvalue weighted by Gasteiger charge is 2.47. The number of nitrogens with zero attached hydrogens (tertiary/aromatic N) is 1. The summed E-state index contributed by atoms with van der Waals surface area (Å²) >= 11 is 0. The van der Waals surface area contributed by atoms with Gasteiger partial charge in [-0.1, -0.05) is 37.3 Å². The molecule has 190 valence electrons. The van der Waals surface area contributed by atoms with Crippen LogP contribution in [0.3, 0.4) is 0 Å². The number of ether oxygens (including phenoxy) is 2. The average Bonchev–Trinajstić information content (AvgIpc) is 3.13. The minimum Gasteiger partial charge on any atom is -0.507 e. The molecule has 1 unspecified atom stereocenters. The van der Waals surface area contributed by atoms with E-state index in [4.69, 9.17) is 9.47 Å². The van der Waals surface area contributed by atoms with Crippen molar-refractivity contribution in [1.29, 1.82) is 0 Å². The maximum absolute atomic E-state index is 13.5. The molecule has 3 aromatic rings. The molecule has 37 heavy (non-hydrogen) atoms. The summed E-state index contributed by atoms with van der Waals surface area (Å²) in [5.74, 6) is -1.74. The molecule has 0 aromatic heterocycles. The van der Waals surface area contributed by atoms with E-state index in [1.165, 1.54) is 18.9 Å². The van der Waals surface area contributed by atoms with Crippen LogP contribution in [0.5, 0.6) is 11.5 Å². The number of Topliss-reactive ketones (excluding diaryl/α,β-unsaturated/α-hetero) is 1. The number of rotatable bonds is 6. The van der Waals surface area contributed by atoms with Gasteiger partial charge in [0.25, 0.3) is 11.7 Å². The number of hydrogen-bond donors (Lipinski definition) is 1. The lowest BCUT2D eigenvalue weighted by Crippen LogP contribution is -2.29. The number of aryl methyl sites for hydroxylation is 3. The van der Waals surface area contributed by atoms with E-state index in [0.717, 1.165) is 23.1 Å². The van der Waals surface area contributed by atoms with Gasteiger partial charge in [-0.05, 0) is 72.9 Å². The molecule has 1 fully saturated rings. The maximum atomic E-state index is 13.5. The molecule has 0 bridgehead atoms. The first kappa shape index (κ1) is 25.7. The predicted octanol–water partition coefficient (Wildman–Crippen LogP) is 5.43. The van der Waals surface area contributed by atoms with Crippen molar-refractivity contribution in [1.82, 2.24) is 0 Å². The van der Waals surface area contributed by atoms with Gasteiger partial charge in [0.1, 0.15) is 17.3 Å². The SMILES string of the molecule is CCc1ccc(N2C(=O)C(=O)/C(=C(/O)c3cc(C)cc(C)c3OC)C2c2cccc(OC(C)=O)c2)cc1. The van der Waals surface area contributed by atoms with Crippen LogP contribution in [0, 0.1) is 13.8 Å². The topological polar surface area (TPSA) is 93.1 Å². The molecule has 7 nitrogen and oxygen atoms in total. The van der Waals surface area contributed by atoms with E-state index in [2.05, 4.69) is 0 Å². The quantitative estimate of drug-likeness (QED) is 0.160. The Kier molecular flexibility index (Phi) is 7.16. The van der Waals surface area contributed by atoms with Gasteiger partial charge in [0.05, 0.1) is 24.3 Å². The van der Waals surface area contributed by atoms with Gasteiger partial charge in [0.15, 0.2) is 0 Å². The fraction of sp³-hybridized carbons (Fsp3) is 0.233. The summed E-state index contributed by atoms with van der Waals surface area (Å²) in [5.41, 5.74) is 3.97. The molecule has 4 rings (SSSR count). The van der Waals surface area contributed by atoms with E-state index in [9.17, 15) is 19.5 Å². The number of benzene rings is 3. The highest BCUT2D eigenvalue weighted by molar-refractivity contribution is 6.51. The second-order valence-electron chi connectivity index (χ2n) is 9.02. The Balaban J connectivity index is 1.99.